The predicted molar refractivity (Wildman–Crippen MR) is 105 cm³/mol. The fraction of sp³-hybridized carbons (Fsp3) is 0.737. The molecule has 2 aliphatic heterocycles. The van der Waals surface area contributed by atoms with Crippen LogP contribution in [0.5, 0.6) is 0 Å². The summed E-state index contributed by atoms with van der Waals surface area (Å²) in [5.74, 6) is 2.26. The summed E-state index contributed by atoms with van der Waals surface area (Å²) in [6, 6.07) is 4.97. The third kappa shape index (κ3) is 5.19. The summed E-state index contributed by atoms with van der Waals surface area (Å²) >= 11 is 1.88. The van der Waals surface area contributed by atoms with Gasteiger partial charge in [0.2, 0.25) is 0 Å². The molecule has 25 heavy (non-hydrogen) atoms. The van der Waals surface area contributed by atoms with Crippen molar-refractivity contribution in [3.8, 4) is 0 Å². The molecule has 2 saturated heterocycles. The van der Waals surface area contributed by atoms with Crippen molar-refractivity contribution in [2.24, 2.45) is 16.8 Å². The van der Waals surface area contributed by atoms with Crippen molar-refractivity contribution in [2.75, 3.05) is 46.9 Å². The summed E-state index contributed by atoms with van der Waals surface area (Å²) < 4.78 is 5.44. The molecule has 3 rings (SSSR count). The van der Waals surface area contributed by atoms with E-state index in [1.807, 2.05) is 18.4 Å². The Morgan fingerprint density at radius 3 is 2.80 bits per heavy atom. The minimum Gasteiger partial charge on any atom is -0.381 e. The molecule has 2 aliphatic rings. The van der Waals surface area contributed by atoms with E-state index in [1.54, 1.807) is 0 Å². The summed E-state index contributed by atoms with van der Waals surface area (Å²) in [7, 11) is 4.12. The molecule has 140 valence electrons. The molecule has 6 heteroatoms. The highest BCUT2D eigenvalue weighted by molar-refractivity contribution is 7.10. The van der Waals surface area contributed by atoms with E-state index in [9.17, 15) is 0 Å². The molecule has 0 bridgehead atoms. The molecule has 0 spiro atoms. The molecular weight excluding hydrogens is 332 g/mol. The first-order valence-electron chi connectivity index (χ1n) is 9.54. The van der Waals surface area contributed by atoms with E-state index in [4.69, 9.17) is 4.74 Å². The average Bonchev–Trinajstić information content (AvgIpc) is 3.17. The van der Waals surface area contributed by atoms with Gasteiger partial charge in [-0.25, -0.2) is 0 Å². The summed E-state index contributed by atoms with van der Waals surface area (Å²) in [5, 5.41) is 9.28. The van der Waals surface area contributed by atoms with Crippen molar-refractivity contribution in [2.45, 2.75) is 31.7 Å². The molecule has 5 nitrogen and oxygen atoms in total. The lowest BCUT2D eigenvalue weighted by molar-refractivity contribution is 0.0675. The number of guanidine groups is 1. The molecule has 2 N–H and O–H groups in total. The van der Waals surface area contributed by atoms with Gasteiger partial charge in [0.1, 0.15) is 0 Å². The summed E-state index contributed by atoms with van der Waals surface area (Å²) in [6.07, 6.45) is 4.85. The normalized spacial score (nSPS) is 26.6. The van der Waals surface area contributed by atoms with Gasteiger partial charge in [-0.05, 0) is 62.6 Å². The van der Waals surface area contributed by atoms with Gasteiger partial charge in [-0.1, -0.05) is 6.07 Å². The number of hydrogen-bond acceptors (Lipinski definition) is 4. The number of nitrogens with one attached hydrogen (secondary N) is 2. The minimum atomic E-state index is 0.523. The number of thiophene rings is 1. The van der Waals surface area contributed by atoms with Gasteiger partial charge >= 0.3 is 0 Å². The molecule has 0 aliphatic carbocycles. The van der Waals surface area contributed by atoms with Crippen LogP contribution in [0.15, 0.2) is 22.5 Å². The van der Waals surface area contributed by atoms with Gasteiger partial charge in [0.05, 0.1) is 0 Å². The zero-order chi connectivity index (χ0) is 17.5. The quantitative estimate of drug-likeness (QED) is 0.623. The number of likely N-dealkylation sites (tertiary alicyclic amines) is 1. The van der Waals surface area contributed by atoms with Crippen LogP contribution < -0.4 is 10.6 Å². The van der Waals surface area contributed by atoms with Crippen molar-refractivity contribution in [1.29, 1.82) is 0 Å². The monoisotopic (exact) mass is 364 g/mol. The Kier molecular flexibility index (Phi) is 7.13. The Balaban J connectivity index is 1.51. The molecule has 3 heterocycles. The van der Waals surface area contributed by atoms with Crippen molar-refractivity contribution in [3.63, 3.8) is 0 Å². The van der Waals surface area contributed by atoms with E-state index in [2.05, 4.69) is 45.1 Å². The van der Waals surface area contributed by atoms with Crippen LogP contribution in [0.25, 0.3) is 0 Å². The maximum Gasteiger partial charge on any atom is 0.190 e. The smallest absolute Gasteiger partial charge is 0.190 e. The van der Waals surface area contributed by atoms with E-state index >= 15 is 0 Å². The number of aliphatic imine (C=N–C) groups is 1. The molecule has 1 aromatic heterocycles. The maximum atomic E-state index is 5.44. The standard InChI is InChI=1S/C19H32N4OS/c1-20-19(21-13-15-7-10-24-11-8-15)22-14-16-5-3-9-23(2)18(16)17-6-4-12-25-17/h4,6,12,15-16,18H,3,5,7-11,13-14H2,1-2H3,(H2,20,21,22). The van der Waals surface area contributed by atoms with Crippen molar-refractivity contribution < 1.29 is 4.74 Å². The predicted octanol–water partition coefficient (Wildman–Crippen LogP) is 2.72. The Morgan fingerprint density at radius 2 is 2.08 bits per heavy atom. The lowest BCUT2D eigenvalue weighted by atomic mass is 9.88. The van der Waals surface area contributed by atoms with Crippen LogP contribution in [0.4, 0.5) is 0 Å². The maximum absolute atomic E-state index is 5.44. The molecule has 2 atom stereocenters. The van der Waals surface area contributed by atoms with E-state index in [0.717, 1.165) is 45.1 Å². The van der Waals surface area contributed by atoms with Crippen molar-refractivity contribution >= 4 is 17.3 Å². The number of rotatable bonds is 5. The Hall–Kier alpha value is -1.11. The van der Waals surface area contributed by atoms with Crippen LogP contribution in [0, 0.1) is 11.8 Å². The zero-order valence-corrected chi connectivity index (χ0v) is 16.4. The van der Waals surface area contributed by atoms with Gasteiger partial charge in [0.25, 0.3) is 0 Å². The Labute approximate surface area is 155 Å². The Bertz CT molecular complexity index is 528. The third-order valence-electron chi connectivity index (χ3n) is 5.50. The number of hydrogen-bond donors (Lipinski definition) is 2. The summed E-state index contributed by atoms with van der Waals surface area (Å²) in [5.41, 5.74) is 0. The fourth-order valence-electron chi connectivity index (χ4n) is 4.02. The minimum absolute atomic E-state index is 0.523. The highest BCUT2D eigenvalue weighted by Crippen LogP contribution is 2.36. The summed E-state index contributed by atoms with van der Waals surface area (Å²) in [4.78, 5) is 8.41. The molecular formula is C19H32N4OS. The van der Waals surface area contributed by atoms with Gasteiger partial charge in [-0.15, -0.1) is 11.3 Å². The van der Waals surface area contributed by atoms with E-state index < -0.39 is 0 Å². The number of piperidine rings is 1. The zero-order valence-electron chi connectivity index (χ0n) is 15.5. The topological polar surface area (TPSA) is 48.9 Å². The first-order valence-corrected chi connectivity index (χ1v) is 10.4. The third-order valence-corrected chi connectivity index (χ3v) is 6.44. The largest absolute Gasteiger partial charge is 0.381 e. The lowest BCUT2D eigenvalue weighted by Crippen LogP contribution is -2.46. The average molecular weight is 365 g/mol. The second-order valence-electron chi connectivity index (χ2n) is 7.23. The van der Waals surface area contributed by atoms with Gasteiger partial charge in [0.15, 0.2) is 5.96 Å². The highest BCUT2D eigenvalue weighted by Gasteiger charge is 2.31. The second kappa shape index (κ2) is 9.55. The van der Waals surface area contributed by atoms with Crippen molar-refractivity contribution in [1.82, 2.24) is 15.5 Å². The molecule has 2 unspecified atom stereocenters. The van der Waals surface area contributed by atoms with Gasteiger partial charge in [0, 0.05) is 44.3 Å². The summed E-state index contributed by atoms with van der Waals surface area (Å²) in [6.45, 7) is 4.95. The molecule has 1 aromatic rings. The van der Waals surface area contributed by atoms with Crippen LogP contribution in [0.1, 0.15) is 36.6 Å². The van der Waals surface area contributed by atoms with Gasteiger partial charge in [-0.3, -0.25) is 9.89 Å². The molecule has 2 fully saturated rings. The van der Waals surface area contributed by atoms with Crippen molar-refractivity contribution in [3.05, 3.63) is 22.4 Å². The van der Waals surface area contributed by atoms with E-state index in [-0.39, 0.29) is 0 Å². The number of nitrogens with zero attached hydrogens (tertiary/aromatic N) is 2. The van der Waals surface area contributed by atoms with Gasteiger partial charge in [-0.2, -0.15) is 0 Å². The first kappa shape index (κ1) is 18.7. The van der Waals surface area contributed by atoms with Crippen LogP contribution in [-0.2, 0) is 4.74 Å². The van der Waals surface area contributed by atoms with Crippen LogP contribution >= 0.6 is 11.3 Å². The SMILES string of the molecule is CN=C(NCC1CCOCC1)NCC1CCCN(C)C1c1cccs1. The molecule has 0 amide bonds. The molecule has 0 radical (unpaired) electrons. The molecule has 0 aromatic carbocycles. The van der Waals surface area contributed by atoms with E-state index in [1.165, 1.54) is 24.3 Å². The number of ether oxygens (including phenoxy) is 1. The second-order valence-corrected chi connectivity index (χ2v) is 8.21. The fourth-order valence-corrected chi connectivity index (χ4v) is 5.01. The van der Waals surface area contributed by atoms with Gasteiger partial charge < -0.3 is 15.4 Å². The Morgan fingerprint density at radius 1 is 1.28 bits per heavy atom. The van der Waals surface area contributed by atoms with Crippen LogP contribution in [-0.4, -0.2) is 57.8 Å². The first-order chi connectivity index (χ1) is 12.3. The lowest BCUT2D eigenvalue weighted by Gasteiger charge is -2.39. The highest BCUT2D eigenvalue weighted by atomic mass is 32.1. The molecule has 0 saturated carbocycles. The van der Waals surface area contributed by atoms with E-state index in [0.29, 0.717) is 17.9 Å². The van der Waals surface area contributed by atoms with Crippen LogP contribution in [0.2, 0.25) is 0 Å². The van der Waals surface area contributed by atoms with Crippen LogP contribution in [0.3, 0.4) is 0 Å².